The Hall–Kier alpha value is -0.910. The fraction of sp³-hybridized carbons (Fsp3) is 0.333. The van der Waals surface area contributed by atoms with Crippen LogP contribution in [0.2, 0.25) is 0 Å². The van der Waals surface area contributed by atoms with Crippen molar-refractivity contribution in [1.82, 2.24) is 15.3 Å². The molecule has 5 heteroatoms. The molecule has 17 heavy (non-hydrogen) atoms. The van der Waals surface area contributed by atoms with Gasteiger partial charge in [0.2, 0.25) is 0 Å². The Labute approximate surface area is 110 Å². The maximum Gasteiger partial charge on any atom is 0.114 e. The summed E-state index contributed by atoms with van der Waals surface area (Å²) in [6.45, 7) is 4.10. The van der Waals surface area contributed by atoms with Crippen molar-refractivity contribution < 1.29 is 0 Å². The Kier molecular flexibility index (Phi) is 4.97. The summed E-state index contributed by atoms with van der Waals surface area (Å²) in [4.78, 5) is 9.67. The number of nitrogens with one attached hydrogen (secondary N) is 1. The summed E-state index contributed by atoms with van der Waals surface area (Å²) in [5, 5.41) is 6.57. The van der Waals surface area contributed by atoms with E-state index in [2.05, 4.69) is 33.7 Å². The van der Waals surface area contributed by atoms with Crippen LogP contribution in [-0.2, 0) is 6.54 Å². The number of aryl methyl sites for hydroxylation is 1. The summed E-state index contributed by atoms with van der Waals surface area (Å²) in [7, 11) is 0. The van der Waals surface area contributed by atoms with Gasteiger partial charge < -0.3 is 5.32 Å². The number of hydrogen-bond donors (Lipinski definition) is 1. The van der Waals surface area contributed by atoms with Crippen LogP contribution in [0.15, 0.2) is 35.1 Å². The van der Waals surface area contributed by atoms with Crippen molar-refractivity contribution >= 4 is 23.1 Å². The molecule has 90 valence electrons. The summed E-state index contributed by atoms with van der Waals surface area (Å²) in [5.74, 6) is 1.02. The first-order valence-electron chi connectivity index (χ1n) is 5.49. The average Bonchev–Trinajstić information content (AvgIpc) is 2.76. The standard InChI is InChI=1S/C12H15N3S2/c1-10-2-6-16-11(10)8-14-5-7-17-12-9-13-3-4-15-12/h2-4,6,9,14H,5,7-8H2,1H3. The first-order chi connectivity index (χ1) is 8.36. The van der Waals surface area contributed by atoms with Crippen molar-refractivity contribution in [2.75, 3.05) is 12.3 Å². The van der Waals surface area contributed by atoms with E-state index in [1.165, 1.54) is 10.4 Å². The molecule has 2 aromatic heterocycles. The van der Waals surface area contributed by atoms with E-state index in [9.17, 15) is 0 Å². The molecule has 2 rings (SSSR count). The highest BCUT2D eigenvalue weighted by molar-refractivity contribution is 7.99. The van der Waals surface area contributed by atoms with E-state index in [1.54, 1.807) is 30.4 Å². The second-order valence-electron chi connectivity index (χ2n) is 3.60. The Morgan fingerprint density at radius 2 is 2.35 bits per heavy atom. The molecule has 0 saturated carbocycles. The monoisotopic (exact) mass is 265 g/mol. The van der Waals surface area contributed by atoms with Crippen molar-refractivity contribution in [2.24, 2.45) is 0 Å². The summed E-state index contributed by atoms with van der Waals surface area (Å²) in [6, 6.07) is 2.16. The molecule has 0 amide bonds. The van der Waals surface area contributed by atoms with Gasteiger partial charge in [-0.1, -0.05) is 0 Å². The maximum atomic E-state index is 4.22. The molecule has 2 heterocycles. The van der Waals surface area contributed by atoms with Gasteiger partial charge in [-0.05, 0) is 23.9 Å². The maximum absolute atomic E-state index is 4.22. The molecule has 0 unspecified atom stereocenters. The van der Waals surface area contributed by atoms with E-state index in [0.717, 1.165) is 23.9 Å². The molecule has 1 N–H and O–H groups in total. The molecular weight excluding hydrogens is 250 g/mol. The van der Waals surface area contributed by atoms with Crippen molar-refractivity contribution in [3.63, 3.8) is 0 Å². The van der Waals surface area contributed by atoms with Crippen LogP contribution in [0, 0.1) is 6.92 Å². The van der Waals surface area contributed by atoms with Crippen LogP contribution in [0.4, 0.5) is 0 Å². The van der Waals surface area contributed by atoms with Gasteiger partial charge in [0.15, 0.2) is 0 Å². The van der Waals surface area contributed by atoms with Gasteiger partial charge in [-0.15, -0.1) is 23.1 Å². The Morgan fingerprint density at radius 1 is 1.41 bits per heavy atom. The molecule has 2 aromatic rings. The number of hydrogen-bond acceptors (Lipinski definition) is 5. The fourth-order valence-corrected chi connectivity index (χ4v) is 2.98. The largest absolute Gasteiger partial charge is 0.311 e. The van der Waals surface area contributed by atoms with Crippen molar-refractivity contribution in [3.8, 4) is 0 Å². The summed E-state index contributed by atoms with van der Waals surface area (Å²) in [6.07, 6.45) is 5.22. The predicted molar refractivity (Wildman–Crippen MR) is 73.5 cm³/mol. The third-order valence-electron chi connectivity index (χ3n) is 2.32. The second-order valence-corrected chi connectivity index (χ2v) is 5.71. The number of thiophene rings is 1. The molecule has 0 atom stereocenters. The van der Waals surface area contributed by atoms with E-state index in [-0.39, 0.29) is 0 Å². The highest BCUT2D eigenvalue weighted by Gasteiger charge is 1.99. The summed E-state index contributed by atoms with van der Waals surface area (Å²) < 4.78 is 0. The van der Waals surface area contributed by atoms with Crippen molar-refractivity contribution in [1.29, 1.82) is 0 Å². The minimum Gasteiger partial charge on any atom is -0.311 e. The first kappa shape index (κ1) is 12.5. The van der Waals surface area contributed by atoms with Crippen LogP contribution in [0.1, 0.15) is 10.4 Å². The first-order valence-corrected chi connectivity index (χ1v) is 7.35. The molecule has 0 aliphatic rings. The van der Waals surface area contributed by atoms with E-state index in [4.69, 9.17) is 0 Å². The minimum atomic E-state index is 0.963. The third kappa shape index (κ3) is 4.11. The lowest BCUT2D eigenvalue weighted by Gasteiger charge is -2.03. The van der Waals surface area contributed by atoms with Crippen LogP contribution in [0.25, 0.3) is 0 Å². The Morgan fingerprint density at radius 3 is 3.06 bits per heavy atom. The number of nitrogens with zero attached hydrogens (tertiary/aromatic N) is 2. The molecule has 0 fully saturated rings. The van der Waals surface area contributed by atoms with Gasteiger partial charge in [0.1, 0.15) is 5.03 Å². The summed E-state index contributed by atoms with van der Waals surface area (Å²) in [5.41, 5.74) is 1.38. The van der Waals surface area contributed by atoms with Crippen LogP contribution >= 0.6 is 23.1 Å². The second kappa shape index (κ2) is 6.74. The highest BCUT2D eigenvalue weighted by atomic mass is 32.2. The van der Waals surface area contributed by atoms with Crippen LogP contribution < -0.4 is 5.32 Å². The van der Waals surface area contributed by atoms with E-state index < -0.39 is 0 Å². The van der Waals surface area contributed by atoms with E-state index >= 15 is 0 Å². The van der Waals surface area contributed by atoms with E-state index in [0.29, 0.717) is 0 Å². The topological polar surface area (TPSA) is 37.8 Å². The lowest BCUT2D eigenvalue weighted by Crippen LogP contribution is -2.16. The van der Waals surface area contributed by atoms with Gasteiger partial charge in [-0.3, -0.25) is 4.98 Å². The average molecular weight is 265 g/mol. The van der Waals surface area contributed by atoms with Crippen molar-refractivity contribution in [2.45, 2.75) is 18.5 Å². The van der Waals surface area contributed by atoms with Gasteiger partial charge in [0.25, 0.3) is 0 Å². The van der Waals surface area contributed by atoms with Crippen molar-refractivity contribution in [3.05, 3.63) is 40.5 Å². The fourth-order valence-electron chi connectivity index (χ4n) is 1.37. The van der Waals surface area contributed by atoms with Gasteiger partial charge in [0.05, 0.1) is 6.20 Å². The Bertz CT molecular complexity index is 442. The van der Waals surface area contributed by atoms with Gasteiger partial charge in [0, 0.05) is 36.1 Å². The van der Waals surface area contributed by atoms with Crippen LogP contribution in [-0.4, -0.2) is 22.3 Å². The molecule has 0 bridgehead atoms. The molecule has 0 aliphatic carbocycles. The Balaban J connectivity index is 1.63. The van der Waals surface area contributed by atoms with Crippen LogP contribution in [0.3, 0.4) is 0 Å². The quantitative estimate of drug-likeness (QED) is 0.644. The number of rotatable bonds is 6. The zero-order valence-corrected chi connectivity index (χ0v) is 11.4. The molecular formula is C12H15N3S2. The van der Waals surface area contributed by atoms with E-state index in [1.807, 2.05) is 11.3 Å². The zero-order valence-electron chi connectivity index (χ0n) is 9.72. The van der Waals surface area contributed by atoms with Gasteiger partial charge >= 0.3 is 0 Å². The highest BCUT2D eigenvalue weighted by Crippen LogP contribution is 2.15. The number of thioether (sulfide) groups is 1. The predicted octanol–water partition coefficient (Wildman–Crippen LogP) is 2.73. The normalized spacial score (nSPS) is 10.6. The third-order valence-corrected chi connectivity index (χ3v) is 4.26. The zero-order chi connectivity index (χ0) is 11.9. The molecule has 0 aliphatic heterocycles. The number of aromatic nitrogens is 2. The SMILES string of the molecule is Cc1ccsc1CNCCSc1cnccn1. The summed E-state index contributed by atoms with van der Waals surface area (Å²) >= 11 is 3.54. The van der Waals surface area contributed by atoms with Crippen LogP contribution in [0.5, 0.6) is 0 Å². The molecule has 0 radical (unpaired) electrons. The molecule has 0 spiro atoms. The lowest BCUT2D eigenvalue weighted by molar-refractivity contribution is 0.738. The van der Waals surface area contributed by atoms with Gasteiger partial charge in [-0.25, -0.2) is 4.98 Å². The van der Waals surface area contributed by atoms with Gasteiger partial charge in [-0.2, -0.15) is 0 Å². The molecule has 0 aromatic carbocycles. The minimum absolute atomic E-state index is 0.963. The smallest absolute Gasteiger partial charge is 0.114 e. The molecule has 0 saturated heterocycles. The lowest BCUT2D eigenvalue weighted by atomic mass is 10.3. The molecule has 3 nitrogen and oxygen atoms in total.